The molecule has 2 rings (SSSR count). The Labute approximate surface area is 85.5 Å². The van der Waals surface area contributed by atoms with Gasteiger partial charge in [-0.25, -0.2) is 0 Å². The van der Waals surface area contributed by atoms with Crippen LogP contribution in [0, 0.1) is 6.92 Å². The highest BCUT2D eigenvalue weighted by atomic mass is 16.5. The third-order valence-electron chi connectivity index (χ3n) is 2.60. The highest BCUT2D eigenvalue weighted by Gasteiger charge is 2.10. The second-order valence-electron chi connectivity index (χ2n) is 3.52. The highest BCUT2D eigenvalue weighted by Crippen LogP contribution is 2.16. The molecule has 1 heterocycles. The van der Waals surface area contributed by atoms with Gasteiger partial charge in [0.1, 0.15) is 0 Å². The molecule has 1 radical (unpaired) electrons. The van der Waals surface area contributed by atoms with Crippen LogP contribution in [-0.2, 0) is 11.2 Å². The summed E-state index contributed by atoms with van der Waals surface area (Å²) >= 11 is 0. The monoisotopic (exact) mass is 190 g/mol. The molecular weight excluding hydrogens is 174 g/mol. The van der Waals surface area contributed by atoms with Gasteiger partial charge in [0.2, 0.25) is 0 Å². The van der Waals surface area contributed by atoms with Crippen LogP contribution < -0.4 is 4.90 Å². The van der Waals surface area contributed by atoms with E-state index in [1.54, 1.807) is 0 Å². The fourth-order valence-corrected chi connectivity index (χ4v) is 1.69. The van der Waals surface area contributed by atoms with Crippen LogP contribution in [0.2, 0.25) is 0 Å². The number of rotatable bonds is 2. The Hall–Kier alpha value is -1.02. The Bertz CT molecular complexity index is 275. The van der Waals surface area contributed by atoms with Gasteiger partial charge in [-0.2, -0.15) is 0 Å². The molecule has 0 unspecified atom stereocenters. The van der Waals surface area contributed by atoms with Crippen molar-refractivity contribution < 1.29 is 4.74 Å². The molecule has 1 aromatic carbocycles. The lowest BCUT2D eigenvalue weighted by Gasteiger charge is -2.28. The lowest BCUT2D eigenvalue weighted by molar-refractivity contribution is 0.122. The molecule has 1 aliphatic heterocycles. The van der Waals surface area contributed by atoms with E-state index >= 15 is 0 Å². The maximum atomic E-state index is 5.31. The molecule has 0 spiro atoms. The van der Waals surface area contributed by atoms with Crippen LogP contribution in [0.15, 0.2) is 24.3 Å². The van der Waals surface area contributed by atoms with Gasteiger partial charge < -0.3 is 9.64 Å². The Kier molecular flexibility index (Phi) is 3.04. The van der Waals surface area contributed by atoms with Crippen molar-refractivity contribution in [2.24, 2.45) is 0 Å². The third-order valence-corrected chi connectivity index (χ3v) is 2.60. The SMILES string of the molecule is [CH2]Cc1ccc(N2CCOCC2)cc1. The minimum atomic E-state index is 0.844. The highest BCUT2D eigenvalue weighted by molar-refractivity contribution is 5.47. The van der Waals surface area contributed by atoms with E-state index in [-0.39, 0.29) is 0 Å². The molecule has 0 atom stereocenters. The van der Waals surface area contributed by atoms with Crippen LogP contribution in [0.1, 0.15) is 5.56 Å². The fraction of sp³-hybridized carbons (Fsp3) is 0.417. The number of ether oxygens (including phenoxy) is 1. The molecule has 0 saturated carbocycles. The normalized spacial score (nSPS) is 17.1. The first-order chi connectivity index (χ1) is 6.90. The molecule has 0 aromatic heterocycles. The van der Waals surface area contributed by atoms with Crippen molar-refractivity contribution in [3.8, 4) is 0 Å². The first-order valence-corrected chi connectivity index (χ1v) is 5.11. The van der Waals surface area contributed by atoms with Crippen molar-refractivity contribution in [3.05, 3.63) is 36.8 Å². The molecule has 14 heavy (non-hydrogen) atoms. The molecule has 2 heteroatoms. The summed E-state index contributed by atoms with van der Waals surface area (Å²) in [6, 6.07) is 8.65. The maximum absolute atomic E-state index is 5.31. The zero-order chi connectivity index (χ0) is 9.80. The van der Waals surface area contributed by atoms with E-state index in [9.17, 15) is 0 Å². The first-order valence-electron chi connectivity index (χ1n) is 5.11. The predicted octanol–water partition coefficient (Wildman–Crippen LogP) is 1.90. The van der Waals surface area contributed by atoms with Crippen LogP contribution in [0.5, 0.6) is 0 Å². The molecule has 0 N–H and O–H groups in total. The zero-order valence-corrected chi connectivity index (χ0v) is 8.41. The summed E-state index contributed by atoms with van der Waals surface area (Å²) in [5.74, 6) is 0. The van der Waals surface area contributed by atoms with Gasteiger partial charge in [0.25, 0.3) is 0 Å². The standard InChI is InChI=1S/C12H16NO/c1-2-11-3-5-12(6-4-11)13-7-9-14-10-8-13/h3-6H,1-2,7-10H2. The van der Waals surface area contributed by atoms with Gasteiger partial charge in [-0.3, -0.25) is 0 Å². The topological polar surface area (TPSA) is 12.5 Å². The lowest BCUT2D eigenvalue weighted by Crippen LogP contribution is -2.36. The summed E-state index contributed by atoms with van der Waals surface area (Å²) in [5, 5.41) is 0. The first kappa shape index (κ1) is 9.53. The summed E-state index contributed by atoms with van der Waals surface area (Å²) < 4.78 is 5.31. The largest absolute Gasteiger partial charge is 0.378 e. The average molecular weight is 190 g/mol. The van der Waals surface area contributed by atoms with E-state index in [0.29, 0.717) is 0 Å². The van der Waals surface area contributed by atoms with Crippen molar-refractivity contribution >= 4 is 5.69 Å². The summed E-state index contributed by atoms with van der Waals surface area (Å²) in [7, 11) is 0. The predicted molar refractivity (Wildman–Crippen MR) is 58.5 cm³/mol. The minimum Gasteiger partial charge on any atom is -0.378 e. The van der Waals surface area contributed by atoms with Crippen LogP contribution in [0.3, 0.4) is 0 Å². The number of benzene rings is 1. The summed E-state index contributed by atoms with van der Waals surface area (Å²) in [6.07, 6.45) is 0.864. The van der Waals surface area contributed by atoms with Crippen molar-refractivity contribution in [2.45, 2.75) is 6.42 Å². The van der Waals surface area contributed by atoms with Crippen molar-refractivity contribution in [1.29, 1.82) is 0 Å². The molecule has 1 aliphatic rings. The van der Waals surface area contributed by atoms with Crippen molar-refractivity contribution in [3.63, 3.8) is 0 Å². The molecule has 0 aliphatic carbocycles. The van der Waals surface area contributed by atoms with Gasteiger partial charge in [-0.15, -0.1) is 0 Å². The number of nitrogens with zero attached hydrogens (tertiary/aromatic N) is 1. The van der Waals surface area contributed by atoms with Gasteiger partial charge >= 0.3 is 0 Å². The number of hydrogen-bond donors (Lipinski definition) is 0. The summed E-state index contributed by atoms with van der Waals surface area (Å²) in [4.78, 5) is 2.36. The van der Waals surface area contributed by atoms with E-state index < -0.39 is 0 Å². The minimum absolute atomic E-state index is 0.844. The van der Waals surface area contributed by atoms with Crippen LogP contribution in [0.25, 0.3) is 0 Å². The van der Waals surface area contributed by atoms with E-state index in [4.69, 9.17) is 4.74 Å². The van der Waals surface area contributed by atoms with E-state index in [1.807, 2.05) is 0 Å². The van der Waals surface area contributed by atoms with Crippen molar-refractivity contribution in [1.82, 2.24) is 0 Å². The molecule has 1 fully saturated rings. The molecule has 0 amide bonds. The van der Waals surface area contributed by atoms with Gasteiger partial charge in [0.05, 0.1) is 13.2 Å². The average Bonchev–Trinajstić information content (AvgIpc) is 2.30. The Morgan fingerprint density at radius 2 is 1.79 bits per heavy atom. The summed E-state index contributed by atoms with van der Waals surface area (Å²) in [5.41, 5.74) is 2.59. The quantitative estimate of drug-likeness (QED) is 0.706. The van der Waals surface area contributed by atoms with Crippen molar-refractivity contribution in [2.75, 3.05) is 31.2 Å². The lowest BCUT2D eigenvalue weighted by atomic mass is 10.1. The number of anilines is 1. The summed E-state index contributed by atoms with van der Waals surface area (Å²) in [6.45, 7) is 7.56. The Morgan fingerprint density at radius 1 is 1.14 bits per heavy atom. The zero-order valence-electron chi connectivity index (χ0n) is 8.41. The van der Waals surface area contributed by atoms with Crippen LogP contribution >= 0.6 is 0 Å². The molecule has 1 saturated heterocycles. The van der Waals surface area contributed by atoms with Gasteiger partial charge in [0, 0.05) is 18.8 Å². The number of morpholine rings is 1. The second-order valence-corrected chi connectivity index (χ2v) is 3.52. The van der Waals surface area contributed by atoms with Gasteiger partial charge in [-0.05, 0) is 31.0 Å². The second kappa shape index (κ2) is 4.47. The Balaban J connectivity index is 2.07. The Morgan fingerprint density at radius 3 is 2.36 bits per heavy atom. The third kappa shape index (κ3) is 2.07. The van der Waals surface area contributed by atoms with E-state index in [1.165, 1.54) is 11.3 Å². The molecular formula is C12H16NO. The smallest absolute Gasteiger partial charge is 0.0642 e. The van der Waals surface area contributed by atoms with E-state index in [0.717, 1.165) is 32.7 Å². The maximum Gasteiger partial charge on any atom is 0.0642 e. The molecule has 0 bridgehead atoms. The van der Waals surface area contributed by atoms with Gasteiger partial charge in [-0.1, -0.05) is 12.1 Å². The van der Waals surface area contributed by atoms with Gasteiger partial charge in [0.15, 0.2) is 0 Å². The number of hydrogen-bond acceptors (Lipinski definition) is 2. The molecule has 75 valence electrons. The molecule has 2 nitrogen and oxygen atoms in total. The fourth-order valence-electron chi connectivity index (χ4n) is 1.69. The van der Waals surface area contributed by atoms with Crippen LogP contribution in [0.4, 0.5) is 5.69 Å². The molecule has 1 aromatic rings. The van der Waals surface area contributed by atoms with Crippen LogP contribution in [-0.4, -0.2) is 26.3 Å². The van der Waals surface area contributed by atoms with E-state index in [2.05, 4.69) is 36.1 Å².